The molecule has 7 heteroatoms. The van der Waals surface area contributed by atoms with Crippen molar-refractivity contribution < 1.29 is 4.92 Å². The summed E-state index contributed by atoms with van der Waals surface area (Å²) in [5.74, 6) is 0. The molecule has 1 N–H and O–H groups in total. The number of fused-ring (bicyclic) bond motifs is 3. The first-order valence-corrected chi connectivity index (χ1v) is 9.87. The lowest BCUT2D eigenvalue weighted by molar-refractivity contribution is -0.383. The standard InChI is InChI=1S/C21H25N3O4/c1-2-3-4-5-6-7-10-13-23-18-14-17(24(27)28)15-11-8-9-12-16(15)19(18)22-20(25)21(23)26/h8-9,11-12,14H,2-7,10,13H2,1H3,(H,22,25). The van der Waals surface area contributed by atoms with Crippen LogP contribution >= 0.6 is 0 Å². The van der Waals surface area contributed by atoms with Crippen LogP contribution in [0.2, 0.25) is 0 Å². The van der Waals surface area contributed by atoms with E-state index in [1.54, 1.807) is 24.3 Å². The second-order valence-electron chi connectivity index (χ2n) is 7.12. The van der Waals surface area contributed by atoms with Crippen LogP contribution in [0.15, 0.2) is 39.9 Å². The molecule has 0 aliphatic rings. The topological polar surface area (TPSA) is 98.0 Å². The largest absolute Gasteiger partial charge is 0.316 e. The molecule has 3 rings (SSSR count). The van der Waals surface area contributed by atoms with Gasteiger partial charge in [0.05, 0.1) is 21.3 Å². The number of non-ortho nitro benzene ring substituents is 1. The van der Waals surface area contributed by atoms with E-state index in [-0.39, 0.29) is 5.69 Å². The first kappa shape index (κ1) is 19.8. The minimum absolute atomic E-state index is 0.0668. The van der Waals surface area contributed by atoms with Crippen LogP contribution in [0.25, 0.3) is 21.8 Å². The van der Waals surface area contributed by atoms with E-state index < -0.39 is 16.0 Å². The van der Waals surface area contributed by atoms with Gasteiger partial charge >= 0.3 is 11.1 Å². The summed E-state index contributed by atoms with van der Waals surface area (Å²) in [7, 11) is 0. The molecule has 148 valence electrons. The maximum atomic E-state index is 12.5. The second kappa shape index (κ2) is 8.82. The number of aromatic amines is 1. The highest BCUT2D eigenvalue weighted by Gasteiger charge is 2.18. The Kier molecular flexibility index (Phi) is 6.23. The summed E-state index contributed by atoms with van der Waals surface area (Å²) < 4.78 is 1.39. The van der Waals surface area contributed by atoms with E-state index >= 15 is 0 Å². The number of nitrogens with one attached hydrogen (secondary N) is 1. The van der Waals surface area contributed by atoms with Crippen molar-refractivity contribution in [3.8, 4) is 0 Å². The third-order valence-corrected chi connectivity index (χ3v) is 5.15. The van der Waals surface area contributed by atoms with Crippen LogP contribution in [0.4, 0.5) is 5.69 Å². The Bertz CT molecular complexity index is 1110. The van der Waals surface area contributed by atoms with Gasteiger partial charge in [-0.25, -0.2) is 0 Å². The number of unbranched alkanes of at least 4 members (excludes halogenated alkanes) is 6. The maximum absolute atomic E-state index is 12.5. The molecule has 0 aliphatic carbocycles. The van der Waals surface area contributed by atoms with Crippen molar-refractivity contribution in [1.29, 1.82) is 0 Å². The molecule has 0 aliphatic heterocycles. The second-order valence-corrected chi connectivity index (χ2v) is 7.12. The van der Waals surface area contributed by atoms with Gasteiger partial charge in [-0.05, 0) is 12.5 Å². The maximum Gasteiger partial charge on any atom is 0.316 e. The SMILES string of the molecule is CCCCCCCCCn1c(=O)c(=O)[nH]c2c3ccccc3c([N+](=O)[O-])cc21. The van der Waals surface area contributed by atoms with Crippen LogP contribution in [-0.4, -0.2) is 14.5 Å². The lowest BCUT2D eigenvalue weighted by Crippen LogP contribution is -2.36. The monoisotopic (exact) mass is 383 g/mol. The zero-order valence-electron chi connectivity index (χ0n) is 16.1. The van der Waals surface area contributed by atoms with E-state index in [2.05, 4.69) is 11.9 Å². The van der Waals surface area contributed by atoms with E-state index in [0.717, 1.165) is 25.7 Å². The molecule has 0 bridgehead atoms. The van der Waals surface area contributed by atoms with Gasteiger partial charge < -0.3 is 9.55 Å². The molecule has 0 unspecified atom stereocenters. The predicted molar refractivity (Wildman–Crippen MR) is 111 cm³/mol. The molecule has 0 atom stereocenters. The van der Waals surface area contributed by atoms with Crippen molar-refractivity contribution in [2.24, 2.45) is 0 Å². The van der Waals surface area contributed by atoms with E-state index in [9.17, 15) is 19.7 Å². The summed E-state index contributed by atoms with van der Waals surface area (Å²) in [6.07, 6.45) is 7.59. The molecular formula is C21H25N3O4. The van der Waals surface area contributed by atoms with Crippen molar-refractivity contribution >= 4 is 27.5 Å². The molecule has 3 aromatic rings. The van der Waals surface area contributed by atoms with Crippen molar-refractivity contribution in [2.75, 3.05) is 0 Å². The Labute approximate surface area is 162 Å². The number of hydrogen-bond donors (Lipinski definition) is 1. The molecular weight excluding hydrogens is 358 g/mol. The van der Waals surface area contributed by atoms with Gasteiger partial charge in [0.1, 0.15) is 0 Å². The fourth-order valence-corrected chi connectivity index (χ4v) is 3.69. The Morgan fingerprint density at radius 2 is 1.64 bits per heavy atom. The highest BCUT2D eigenvalue weighted by atomic mass is 16.6. The van der Waals surface area contributed by atoms with Crippen LogP contribution in [0, 0.1) is 10.1 Å². The summed E-state index contributed by atoms with van der Waals surface area (Å²) in [4.78, 5) is 38.4. The number of H-pyrrole nitrogens is 1. The number of aryl methyl sites for hydroxylation is 1. The predicted octanol–water partition coefficient (Wildman–Crippen LogP) is 4.50. The van der Waals surface area contributed by atoms with Crippen LogP contribution in [0.3, 0.4) is 0 Å². The Morgan fingerprint density at radius 1 is 1.00 bits per heavy atom. The molecule has 2 aromatic carbocycles. The molecule has 0 radical (unpaired) electrons. The quantitative estimate of drug-likeness (QED) is 0.193. The number of benzene rings is 2. The van der Waals surface area contributed by atoms with Gasteiger partial charge in [-0.2, -0.15) is 0 Å². The van der Waals surface area contributed by atoms with E-state index in [4.69, 9.17) is 0 Å². The molecule has 0 saturated heterocycles. The summed E-state index contributed by atoms with van der Waals surface area (Å²) >= 11 is 0. The average molecular weight is 383 g/mol. The van der Waals surface area contributed by atoms with Gasteiger partial charge in [-0.1, -0.05) is 63.6 Å². The molecule has 0 amide bonds. The lowest BCUT2D eigenvalue weighted by atomic mass is 10.1. The normalized spacial score (nSPS) is 11.3. The molecule has 28 heavy (non-hydrogen) atoms. The first-order chi connectivity index (χ1) is 13.5. The minimum Gasteiger partial charge on any atom is -0.315 e. The zero-order valence-corrected chi connectivity index (χ0v) is 16.1. The molecule has 0 saturated carbocycles. The smallest absolute Gasteiger partial charge is 0.315 e. The summed E-state index contributed by atoms with van der Waals surface area (Å²) in [5, 5.41) is 12.6. The molecule has 1 aromatic heterocycles. The van der Waals surface area contributed by atoms with Crippen LogP contribution in [0.1, 0.15) is 51.9 Å². The minimum atomic E-state index is -0.700. The lowest BCUT2D eigenvalue weighted by Gasteiger charge is -2.12. The van der Waals surface area contributed by atoms with Crippen LogP contribution in [0.5, 0.6) is 0 Å². The van der Waals surface area contributed by atoms with Gasteiger partial charge in [0, 0.05) is 18.0 Å². The number of nitro groups is 1. The molecule has 7 nitrogen and oxygen atoms in total. The average Bonchev–Trinajstić information content (AvgIpc) is 2.69. The van der Waals surface area contributed by atoms with Crippen LogP contribution < -0.4 is 11.1 Å². The van der Waals surface area contributed by atoms with E-state index in [1.165, 1.54) is 29.9 Å². The Morgan fingerprint density at radius 3 is 2.32 bits per heavy atom. The van der Waals surface area contributed by atoms with Gasteiger partial charge in [-0.15, -0.1) is 0 Å². The highest BCUT2D eigenvalue weighted by Crippen LogP contribution is 2.31. The Hall–Kier alpha value is -2.96. The Balaban J connectivity index is 2.00. The number of nitro benzene ring substituents is 1. The zero-order chi connectivity index (χ0) is 20.1. The number of aromatic nitrogens is 2. The van der Waals surface area contributed by atoms with Gasteiger partial charge in [-0.3, -0.25) is 19.7 Å². The fourth-order valence-electron chi connectivity index (χ4n) is 3.69. The number of hydrogen-bond acceptors (Lipinski definition) is 4. The fraction of sp³-hybridized carbons (Fsp3) is 0.429. The van der Waals surface area contributed by atoms with Crippen molar-refractivity contribution in [2.45, 2.75) is 58.4 Å². The molecule has 0 spiro atoms. The molecule has 1 heterocycles. The third kappa shape index (κ3) is 3.98. The third-order valence-electron chi connectivity index (χ3n) is 5.15. The first-order valence-electron chi connectivity index (χ1n) is 9.87. The van der Waals surface area contributed by atoms with Gasteiger partial charge in [0.15, 0.2) is 0 Å². The van der Waals surface area contributed by atoms with E-state index in [0.29, 0.717) is 28.4 Å². The summed E-state index contributed by atoms with van der Waals surface area (Å²) in [6, 6.07) is 8.25. The number of nitrogens with zero attached hydrogens (tertiary/aromatic N) is 2. The van der Waals surface area contributed by atoms with Crippen molar-refractivity contribution in [3.63, 3.8) is 0 Å². The highest BCUT2D eigenvalue weighted by molar-refractivity contribution is 6.08. The summed E-state index contributed by atoms with van der Waals surface area (Å²) in [5.41, 5.74) is -0.560. The van der Waals surface area contributed by atoms with Crippen molar-refractivity contribution in [3.05, 3.63) is 61.2 Å². The van der Waals surface area contributed by atoms with E-state index in [1.807, 2.05) is 0 Å². The number of rotatable bonds is 9. The molecule has 0 fully saturated rings. The van der Waals surface area contributed by atoms with Crippen LogP contribution in [-0.2, 0) is 6.54 Å². The van der Waals surface area contributed by atoms with Crippen molar-refractivity contribution in [1.82, 2.24) is 9.55 Å². The van der Waals surface area contributed by atoms with Gasteiger partial charge in [0.2, 0.25) is 0 Å². The summed E-state index contributed by atoms with van der Waals surface area (Å²) in [6.45, 7) is 2.55. The van der Waals surface area contributed by atoms with Gasteiger partial charge in [0.25, 0.3) is 5.69 Å².